The molecule has 0 spiro atoms. The monoisotopic (exact) mass is 425 g/mol. The standard InChI is InChI=1S/C24H21F2NO4/c25-24(26)31-18-9-4-15(5-10-18)12-13-27-21(28)14-30-23(29)20-11-8-17-7-6-16-2-1-3-19(20)22(16)17/h1-5,8-11,24H,6-7,12-14H2,(H,27,28). The number of alkyl halides is 2. The summed E-state index contributed by atoms with van der Waals surface area (Å²) in [5.74, 6) is -0.852. The van der Waals surface area contributed by atoms with Gasteiger partial charge >= 0.3 is 12.6 Å². The number of aryl methyl sites for hydroxylation is 2. The van der Waals surface area contributed by atoms with Crippen molar-refractivity contribution < 1.29 is 27.8 Å². The first kappa shape index (κ1) is 20.8. The Labute approximate surface area is 178 Å². The molecule has 5 nitrogen and oxygen atoms in total. The number of rotatable bonds is 8. The average Bonchev–Trinajstić information content (AvgIpc) is 3.18. The van der Waals surface area contributed by atoms with Crippen LogP contribution < -0.4 is 10.1 Å². The molecule has 7 heteroatoms. The Morgan fingerprint density at radius 3 is 2.45 bits per heavy atom. The summed E-state index contributed by atoms with van der Waals surface area (Å²) in [4.78, 5) is 24.6. The van der Waals surface area contributed by atoms with E-state index in [9.17, 15) is 18.4 Å². The lowest BCUT2D eigenvalue weighted by atomic mass is 10.00. The quantitative estimate of drug-likeness (QED) is 0.553. The molecule has 0 radical (unpaired) electrons. The van der Waals surface area contributed by atoms with Crippen LogP contribution in [-0.4, -0.2) is 31.6 Å². The Balaban J connectivity index is 1.27. The lowest BCUT2D eigenvalue weighted by Crippen LogP contribution is -2.30. The van der Waals surface area contributed by atoms with Gasteiger partial charge in [0, 0.05) is 6.54 Å². The molecule has 160 valence electrons. The number of carbonyl (C=O) groups excluding carboxylic acids is 2. The Kier molecular flexibility index (Phi) is 6.11. The SMILES string of the molecule is O=C(COC(=O)c1ccc2c3c(cccc13)CC2)NCCc1ccc(OC(F)F)cc1. The van der Waals surface area contributed by atoms with E-state index in [1.165, 1.54) is 23.3 Å². The fourth-order valence-electron chi connectivity index (χ4n) is 3.87. The van der Waals surface area contributed by atoms with Gasteiger partial charge in [-0.15, -0.1) is 0 Å². The third-order valence-corrected chi connectivity index (χ3v) is 5.32. The van der Waals surface area contributed by atoms with Crippen LogP contribution in [0.1, 0.15) is 27.0 Å². The van der Waals surface area contributed by atoms with Gasteiger partial charge in [-0.2, -0.15) is 8.78 Å². The van der Waals surface area contributed by atoms with Gasteiger partial charge in [-0.1, -0.05) is 36.4 Å². The Morgan fingerprint density at radius 2 is 1.71 bits per heavy atom. The van der Waals surface area contributed by atoms with Crippen LogP contribution in [0.2, 0.25) is 0 Å². The number of hydrogen-bond donors (Lipinski definition) is 1. The normalized spacial score (nSPS) is 12.2. The van der Waals surface area contributed by atoms with E-state index in [-0.39, 0.29) is 12.4 Å². The number of ether oxygens (including phenoxy) is 2. The Morgan fingerprint density at radius 1 is 0.968 bits per heavy atom. The maximum absolute atomic E-state index is 12.5. The van der Waals surface area contributed by atoms with Crippen LogP contribution in [0.4, 0.5) is 8.78 Å². The van der Waals surface area contributed by atoms with Crippen LogP contribution in [0.5, 0.6) is 5.75 Å². The molecular formula is C24H21F2NO4. The third-order valence-electron chi connectivity index (χ3n) is 5.32. The fraction of sp³-hybridized carbons (Fsp3) is 0.250. The van der Waals surface area contributed by atoms with Crippen LogP contribution in [0.15, 0.2) is 54.6 Å². The van der Waals surface area contributed by atoms with E-state index in [4.69, 9.17) is 4.74 Å². The minimum absolute atomic E-state index is 0.0812. The Bertz CT molecular complexity index is 1100. The second-order valence-corrected chi connectivity index (χ2v) is 7.31. The molecule has 3 aromatic carbocycles. The molecule has 4 rings (SSSR count). The van der Waals surface area contributed by atoms with Crippen molar-refractivity contribution in [3.63, 3.8) is 0 Å². The number of halogens is 2. The molecular weight excluding hydrogens is 404 g/mol. The van der Waals surface area contributed by atoms with E-state index in [0.717, 1.165) is 29.2 Å². The fourth-order valence-corrected chi connectivity index (χ4v) is 3.87. The molecule has 0 saturated carbocycles. The summed E-state index contributed by atoms with van der Waals surface area (Å²) in [6, 6.07) is 15.8. The van der Waals surface area contributed by atoms with Crippen LogP contribution in [0.3, 0.4) is 0 Å². The summed E-state index contributed by atoms with van der Waals surface area (Å²) in [6.45, 7) is -2.91. The predicted molar refractivity (Wildman–Crippen MR) is 111 cm³/mol. The van der Waals surface area contributed by atoms with E-state index >= 15 is 0 Å². The third kappa shape index (κ3) is 4.82. The first-order chi connectivity index (χ1) is 15.0. The molecule has 0 unspecified atom stereocenters. The highest BCUT2D eigenvalue weighted by atomic mass is 19.3. The summed E-state index contributed by atoms with van der Waals surface area (Å²) in [5, 5.41) is 4.66. The second kappa shape index (κ2) is 9.12. The van der Waals surface area contributed by atoms with Crippen LogP contribution in [-0.2, 0) is 28.8 Å². The van der Waals surface area contributed by atoms with E-state index in [2.05, 4.69) is 16.1 Å². The Hall–Kier alpha value is -3.48. The highest BCUT2D eigenvalue weighted by Crippen LogP contribution is 2.33. The first-order valence-electron chi connectivity index (χ1n) is 10.0. The minimum Gasteiger partial charge on any atom is -0.452 e. The highest BCUT2D eigenvalue weighted by molar-refractivity contribution is 6.07. The summed E-state index contributed by atoms with van der Waals surface area (Å²) >= 11 is 0. The van der Waals surface area contributed by atoms with E-state index in [0.29, 0.717) is 18.5 Å². The average molecular weight is 425 g/mol. The van der Waals surface area contributed by atoms with Gasteiger partial charge in [0.15, 0.2) is 6.61 Å². The van der Waals surface area contributed by atoms with Crippen molar-refractivity contribution in [1.29, 1.82) is 0 Å². The lowest BCUT2D eigenvalue weighted by Gasteiger charge is -2.10. The zero-order valence-electron chi connectivity index (χ0n) is 16.7. The summed E-state index contributed by atoms with van der Waals surface area (Å²) in [7, 11) is 0. The molecule has 0 aromatic heterocycles. The summed E-state index contributed by atoms with van der Waals surface area (Å²) < 4.78 is 33.8. The van der Waals surface area contributed by atoms with Gasteiger partial charge in [-0.3, -0.25) is 4.79 Å². The van der Waals surface area contributed by atoms with Crippen LogP contribution in [0.25, 0.3) is 10.8 Å². The van der Waals surface area contributed by atoms with Gasteiger partial charge in [0.2, 0.25) is 0 Å². The number of amides is 1. The predicted octanol–water partition coefficient (Wildman–Crippen LogP) is 4.06. The van der Waals surface area contributed by atoms with E-state index in [1.807, 2.05) is 18.2 Å². The van der Waals surface area contributed by atoms with Crippen molar-refractivity contribution in [2.75, 3.05) is 13.2 Å². The molecule has 0 bridgehead atoms. The molecule has 0 atom stereocenters. The summed E-state index contributed by atoms with van der Waals surface area (Å²) in [5.41, 5.74) is 3.77. The van der Waals surface area contributed by atoms with Crippen molar-refractivity contribution >= 4 is 22.6 Å². The van der Waals surface area contributed by atoms with Gasteiger partial charge in [-0.25, -0.2) is 4.79 Å². The van der Waals surface area contributed by atoms with Crippen molar-refractivity contribution in [2.24, 2.45) is 0 Å². The lowest BCUT2D eigenvalue weighted by molar-refractivity contribution is -0.124. The highest BCUT2D eigenvalue weighted by Gasteiger charge is 2.20. The summed E-state index contributed by atoms with van der Waals surface area (Å²) in [6.07, 6.45) is 2.44. The molecule has 0 fully saturated rings. The molecule has 3 aromatic rings. The van der Waals surface area contributed by atoms with Crippen molar-refractivity contribution in [3.8, 4) is 5.75 Å². The van der Waals surface area contributed by atoms with E-state index in [1.54, 1.807) is 18.2 Å². The van der Waals surface area contributed by atoms with Gasteiger partial charge < -0.3 is 14.8 Å². The van der Waals surface area contributed by atoms with Gasteiger partial charge in [0.1, 0.15) is 5.75 Å². The molecule has 31 heavy (non-hydrogen) atoms. The molecule has 0 saturated heterocycles. The van der Waals surface area contributed by atoms with Crippen molar-refractivity contribution in [2.45, 2.75) is 25.9 Å². The molecule has 1 N–H and O–H groups in total. The maximum atomic E-state index is 12.5. The van der Waals surface area contributed by atoms with E-state index < -0.39 is 18.5 Å². The van der Waals surface area contributed by atoms with Crippen LogP contribution in [0, 0.1) is 0 Å². The smallest absolute Gasteiger partial charge is 0.387 e. The van der Waals surface area contributed by atoms with Crippen LogP contribution >= 0.6 is 0 Å². The molecule has 0 heterocycles. The number of benzene rings is 3. The molecule has 0 aliphatic heterocycles. The second-order valence-electron chi connectivity index (χ2n) is 7.31. The largest absolute Gasteiger partial charge is 0.452 e. The van der Waals surface area contributed by atoms with Gasteiger partial charge in [0.25, 0.3) is 5.91 Å². The zero-order chi connectivity index (χ0) is 21.8. The number of esters is 1. The van der Waals surface area contributed by atoms with Crippen molar-refractivity contribution in [3.05, 3.63) is 76.9 Å². The minimum atomic E-state index is -2.86. The number of hydrogen-bond acceptors (Lipinski definition) is 4. The number of nitrogens with one attached hydrogen (secondary N) is 1. The molecule has 1 aliphatic carbocycles. The maximum Gasteiger partial charge on any atom is 0.387 e. The van der Waals surface area contributed by atoms with Crippen molar-refractivity contribution in [1.82, 2.24) is 5.32 Å². The topological polar surface area (TPSA) is 64.6 Å². The first-order valence-corrected chi connectivity index (χ1v) is 10.0. The molecule has 1 aliphatic rings. The van der Waals surface area contributed by atoms with Gasteiger partial charge in [-0.05, 0) is 64.9 Å². The number of carbonyl (C=O) groups is 2. The zero-order valence-corrected chi connectivity index (χ0v) is 16.7. The van der Waals surface area contributed by atoms with Gasteiger partial charge in [0.05, 0.1) is 5.56 Å². The molecule has 1 amide bonds.